The lowest BCUT2D eigenvalue weighted by atomic mass is 10.0. The van der Waals surface area contributed by atoms with Crippen molar-refractivity contribution in [2.45, 2.75) is 39.7 Å². The molecule has 1 fully saturated rings. The summed E-state index contributed by atoms with van der Waals surface area (Å²) < 4.78 is 5.87. The first-order valence-corrected chi connectivity index (χ1v) is 9.43. The third kappa shape index (κ3) is 3.70. The molecule has 0 saturated carbocycles. The lowest BCUT2D eigenvalue weighted by molar-refractivity contribution is -0.134. The van der Waals surface area contributed by atoms with Crippen LogP contribution in [0.1, 0.15) is 32.8 Å². The Morgan fingerprint density at radius 2 is 1.88 bits per heavy atom. The maximum atomic E-state index is 12.9. The van der Waals surface area contributed by atoms with Crippen molar-refractivity contribution < 1.29 is 14.3 Å². The number of hydrogen-bond donors (Lipinski definition) is 0. The van der Waals surface area contributed by atoms with Crippen LogP contribution in [-0.4, -0.2) is 66.5 Å². The average Bonchev–Trinajstić information content (AvgIpc) is 2.62. The van der Waals surface area contributed by atoms with Gasteiger partial charge in [0.25, 0.3) is 5.91 Å². The number of likely N-dealkylation sites (N-methyl/N-ethyl adjacent to an activating group) is 1. The maximum Gasteiger partial charge on any atom is 0.270 e. The van der Waals surface area contributed by atoms with Crippen LogP contribution in [0.25, 0.3) is 0 Å². The van der Waals surface area contributed by atoms with Crippen molar-refractivity contribution in [1.82, 2.24) is 9.80 Å². The number of ether oxygens (including phenoxy) is 1. The minimum atomic E-state index is -0.919. The van der Waals surface area contributed by atoms with E-state index in [4.69, 9.17) is 4.74 Å². The van der Waals surface area contributed by atoms with Gasteiger partial charge in [-0.25, -0.2) is 0 Å². The Bertz CT molecular complexity index is 694. The number of fused-ring (bicyclic) bond motifs is 1. The number of hydrogen-bond acceptors (Lipinski definition) is 4. The molecule has 0 aromatic heterocycles. The van der Waals surface area contributed by atoms with Gasteiger partial charge in [0, 0.05) is 39.1 Å². The molecule has 1 saturated heterocycles. The predicted octanol–water partition coefficient (Wildman–Crippen LogP) is 2.05. The van der Waals surface area contributed by atoms with Gasteiger partial charge in [-0.15, -0.1) is 0 Å². The standard InChI is InChI=1S/C20H29N3O3/c1-5-21-10-12-22(13-11-21)18(24)8-9-23-16-14-15(2)6-7-17(16)26-20(3,4)19(23)25/h6-7,14H,5,8-13H2,1-4H3. The van der Waals surface area contributed by atoms with Crippen molar-refractivity contribution in [2.24, 2.45) is 0 Å². The molecule has 2 amide bonds. The molecule has 0 unspecified atom stereocenters. The van der Waals surface area contributed by atoms with Crippen LogP contribution in [0.15, 0.2) is 18.2 Å². The summed E-state index contributed by atoms with van der Waals surface area (Å²) in [6, 6.07) is 5.83. The van der Waals surface area contributed by atoms with Crippen molar-refractivity contribution in [3.05, 3.63) is 23.8 Å². The lowest BCUT2D eigenvalue weighted by Gasteiger charge is -2.39. The monoisotopic (exact) mass is 359 g/mol. The first kappa shape index (κ1) is 18.7. The third-order valence-electron chi connectivity index (χ3n) is 5.25. The van der Waals surface area contributed by atoms with Crippen LogP contribution in [0.4, 0.5) is 5.69 Å². The van der Waals surface area contributed by atoms with Gasteiger partial charge in [0.05, 0.1) is 5.69 Å². The molecule has 0 atom stereocenters. The number of piperazine rings is 1. The van der Waals surface area contributed by atoms with Gasteiger partial charge < -0.3 is 19.4 Å². The van der Waals surface area contributed by atoms with Crippen molar-refractivity contribution in [1.29, 1.82) is 0 Å². The van der Waals surface area contributed by atoms with Gasteiger partial charge in [0.2, 0.25) is 5.91 Å². The second-order valence-corrected chi connectivity index (χ2v) is 7.61. The molecule has 0 aliphatic carbocycles. The van der Waals surface area contributed by atoms with Crippen molar-refractivity contribution in [2.75, 3.05) is 44.2 Å². The van der Waals surface area contributed by atoms with Gasteiger partial charge >= 0.3 is 0 Å². The highest BCUT2D eigenvalue weighted by Gasteiger charge is 2.41. The number of aryl methyl sites for hydroxylation is 1. The fraction of sp³-hybridized carbons (Fsp3) is 0.600. The molecule has 6 heteroatoms. The summed E-state index contributed by atoms with van der Waals surface area (Å²) in [6.07, 6.45) is 0.335. The molecule has 0 radical (unpaired) electrons. The van der Waals surface area contributed by atoms with Crippen LogP contribution >= 0.6 is 0 Å². The van der Waals surface area contributed by atoms with Crippen molar-refractivity contribution in [3.8, 4) is 5.75 Å². The summed E-state index contributed by atoms with van der Waals surface area (Å²) in [7, 11) is 0. The highest BCUT2D eigenvalue weighted by Crippen LogP contribution is 2.38. The quantitative estimate of drug-likeness (QED) is 0.826. The number of carbonyl (C=O) groups excluding carboxylic acids is 2. The number of amides is 2. The van der Waals surface area contributed by atoms with Crippen LogP contribution in [-0.2, 0) is 9.59 Å². The summed E-state index contributed by atoms with van der Waals surface area (Å²) in [6.45, 7) is 12.5. The Balaban J connectivity index is 1.70. The predicted molar refractivity (Wildman–Crippen MR) is 102 cm³/mol. The number of nitrogens with zero attached hydrogens (tertiary/aromatic N) is 3. The minimum absolute atomic E-state index is 0.0980. The van der Waals surface area contributed by atoms with Crippen LogP contribution in [0.5, 0.6) is 5.75 Å². The van der Waals surface area contributed by atoms with E-state index in [1.165, 1.54) is 0 Å². The number of carbonyl (C=O) groups is 2. The highest BCUT2D eigenvalue weighted by molar-refractivity contribution is 6.02. The Labute approximate surface area is 155 Å². The second-order valence-electron chi connectivity index (χ2n) is 7.61. The topological polar surface area (TPSA) is 53.1 Å². The van der Waals surface area contributed by atoms with Gasteiger partial charge in [0.1, 0.15) is 5.75 Å². The molecule has 2 aliphatic heterocycles. The van der Waals surface area contributed by atoms with E-state index in [1.807, 2.05) is 30.0 Å². The maximum absolute atomic E-state index is 12.9. The van der Waals surface area contributed by atoms with Gasteiger partial charge in [-0.05, 0) is 45.0 Å². The number of anilines is 1. The second kappa shape index (κ2) is 7.27. The summed E-state index contributed by atoms with van der Waals surface area (Å²) in [5.41, 5.74) is 0.905. The van der Waals surface area contributed by atoms with Crippen LogP contribution < -0.4 is 9.64 Å². The van der Waals surface area contributed by atoms with E-state index in [9.17, 15) is 9.59 Å². The zero-order chi connectivity index (χ0) is 18.9. The van der Waals surface area contributed by atoms with E-state index in [2.05, 4.69) is 11.8 Å². The molecule has 0 spiro atoms. The molecule has 3 rings (SSSR count). The molecule has 1 aromatic rings. The summed E-state index contributed by atoms with van der Waals surface area (Å²) in [5, 5.41) is 0. The first-order chi connectivity index (χ1) is 12.3. The molecule has 26 heavy (non-hydrogen) atoms. The fourth-order valence-electron chi connectivity index (χ4n) is 3.58. The van der Waals surface area contributed by atoms with Gasteiger partial charge in [-0.1, -0.05) is 13.0 Å². The zero-order valence-electron chi connectivity index (χ0n) is 16.2. The molecular weight excluding hydrogens is 330 g/mol. The van der Waals surface area contributed by atoms with Gasteiger partial charge in [-0.2, -0.15) is 0 Å². The normalized spacial score (nSPS) is 19.9. The smallest absolute Gasteiger partial charge is 0.270 e. The number of rotatable bonds is 4. The average molecular weight is 359 g/mol. The van der Waals surface area contributed by atoms with E-state index in [-0.39, 0.29) is 11.8 Å². The first-order valence-electron chi connectivity index (χ1n) is 9.43. The highest BCUT2D eigenvalue weighted by atomic mass is 16.5. The van der Waals surface area contributed by atoms with Crippen LogP contribution in [0.3, 0.4) is 0 Å². The Morgan fingerprint density at radius 3 is 2.54 bits per heavy atom. The molecule has 0 bridgehead atoms. The van der Waals surface area contributed by atoms with Crippen molar-refractivity contribution >= 4 is 17.5 Å². The molecule has 1 aromatic carbocycles. The molecule has 6 nitrogen and oxygen atoms in total. The summed E-state index contributed by atoms with van der Waals surface area (Å²) in [4.78, 5) is 31.5. The SMILES string of the molecule is CCN1CCN(C(=O)CCN2C(=O)C(C)(C)Oc3ccc(C)cc32)CC1. The number of benzene rings is 1. The minimum Gasteiger partial charge on any atom is -0.476 e. The fourth-order valence-corrected chi connectivity index (χ4v) is 3.58. The molecular formula is C20H29N3O3. The van der Waals surface area contributed by atoms with Crippen LogP contribution in [0, 0.1) is 6.92 Å². The van der Waals surface area contributed by atoms with E-state index >= 15 is 0 Å². The molecule has 142 valence electrons. The van der Waals surface area contributed by atoms with Gasteiger partial charge in [-0.3, -0.25) is 9.59 Å². The third-order valence-corrected chi connectivity index (χ3v) is 5.25. The van der Waals surface area contributed by atoms with Gasteiger partial charge in [0.15, 0.2) is 5.60 Å². The molecule has 2 heterocycles. The van der Waals surface area contributed by atoms with E-state index in [1.54, 1.807) is 18.7 Å². The lowest BCUT2D eigenvalue weighted by Crippen LogP contribution is -2.54. The summed E-state index contributed by atoms with van der Waals surface area (Å²) in [5.74, 6) is 0.718. The van der Waals surface area contributed by atoms with E-state index in [0.29, 0.717) is 18.7 Å². The largest absolute Gasteiger partial charge is 0.476 e. The van der Waals surface area contributed by atoms with E-state index < -0.39 is 5.60 Å². The molecule has 2 aliphatic rings. The van der Waals surface area contributed by atoms with Crippen molar-refractivity contribution in [3.63, 3.8) is 0 Å². The summed E-state index contributed by atoms with van der Waals surface area (Å²) >= 11 is 0. The zero-order valence-corrected chi connectivity index (χ0v) is 16.2. The molecule has 0 N–H and O–H groups in total. The van der Waals surface area contributed by atoms with Crippen LogP contribution in [0.2, 0.25) is 0 Å². The Kier molecular flexibility index (Phi) is 5.23. The van der Waals surface area contributed by atoms with E-state index in [0.717, 1.165) is 44.0 Å². The Morgan fingerprint density at radius 1 is 1.19 bits per heavy atom. The Hall–Kier alpha value is -2.08.